The zero-order valence-corrected chi connectivity index (χ0v) is 16.9. The number of aryl methyl sites for hydroxylation is 1. The molecule has 3 aromatic rings. The van der Waals surface area contributed by atoms with Crippen LogP contribution in [0.4, 0.5) is 0 Å². The van der Waals surface area contributed by atoms with E-state index in [0.29, 0.717) is 48.6 Å². The van der Waals surface area contributed by atoms with E-state index >= 15 is 0 Å². The monoisotopic (exact) mass is 384 g/mol. The third-order valence-electron chi connectivity index (χ3n) is 4.80. The minimum atomic E-state index is -0.155. The van der Waals surface area contributed by atoms with Crippen molar-refractivity contribution < 1.29 is 9.53 Å². The molecule has 0 saturated heterocycles. The van der Waals surface area contributed by atoms with E-state index in [1.165, 1.54) is 4.40 Å². The van der Waals surface area contributed by atoms with Gasteiger partial charge in [0.1, 0.15) is 17.0 Å². The number of methoxy groups -OCH3 is 1. The zero-order valence-electron chi connectivity index (χ0n) is 16.9. The third-order valence-corrected chi connectivity index (χ3v) is 4.80. The number of carbonyl (C=O) groups excluding carboxylic acids is 1. The lowest BCUT2D eigenvalue weighted by Gasteiger charge is -2.22. The van der Waals surface area contributed by atoms with Crippen LogP contribution in [-0.4, -0.2) is 51.6 Å². The molecule has 3 heterocycles. The Morgan fingerprint density at radius 3 is 2.64 bits per heavy atom. The second kappa shape index (κ2) is 9.01. The molecule has 0 radical (unpaired) electrons. The van der Waals surface area contributed by atoms with Gasteiger partial charge in [0.2, 0.25) is 0 Å². The van der Waals surface area contributed by atoms with E-state index in [-0.39, 0.29) is 11.5 Å². The number of pyridine rings is 1. The van der Waals surface area contributed by atoms with Crippen LogP contribution in [0.3, 0.4) is 0 Å². The zero-order chi connectivity index (χ0) is 20.1. The Labute approximate surface area is 164 Å². The Morgan fingerprint density at radius 1 is 1.21 bits per heavy atom. The summed E-state index contributed by atoms with van der Waals surface area (Å²) in [7, 11) is 1.65. The van der Waals surface area contributed by atoms with E-state index in [9.17, 15) is 9.59 Å². The Bertz CT molecular complexity index is 1020. The number of amides is 1. The fraction of sp³-hybridized carbons (Fsp3) is 0.476. The largest absolute Gasteiger partial charge is 0.385 e. The van der Waals surface area contributed by atoms with Crippen molar-refractivity contribution in [2.75, 3.05) is 26.8 Å². The number of hydrogen-bond acceptors (Lipinski definition) is 4. The molecule has 0 bridgehead atoms. The van der Waals surface area contributed by atoms with Crippen molar-refractivity contribution in [3.63, 3.8) is 0 Å². The van der Waals surface area contributed by atoms with Gasteiger partial charge < -0.3 is 14.2 Å². The average molecular weight is 384 g/mol. The Hall–Kier alpha value is -2.67. The van der Waals surface area contributed by atoms with Crippen LogP contribution in [0.2, 0.25) is 0 Å². The molecule has 3 rings (SSSR count). The van der Waals surface area contributed by atoms with Gasteiger partial charge in [-0.15, -0.1) is 0 Å². The first-order valence-corrected chi connectivity index (χ1v) is 9.91. The standard InChI is InChI=1S/C21H28N4O3/c1-4-10-23(11-5-2)21(27)17-15-16-19(24(17)13-8-14-28-3)22-18-9-6-7-12-25(18)20(16)26/h6-7,9,12,15H,4-5,8,10-11,13-14H2,1-3H3. The summed E-state index contributed by atoms with van der Waals surface area (Å²) >= 11 is 0. The van der Waals surface area contributed by atoms with E-state index in [0.717, 1.165) is 19.3 Å². The first kappa shape index (κ1) is 20.1. The maximum atomic E-state index is 13.3. The van der Waals surface area contributed by atoms with E-state index < -0.39 is 0 Å². The highest BCUT2D eigenvalue weighted by atomic mass is 16.5. The lowest BCUT2D eigenvalue weighted by Crippen LogP contribution is -2.34. The summed E-state index contributed by atoms with van der Waals surface area (Å²) in [5.74, 6) is -0.0485. The van der Waals surface area contributed by atoms with Crippen molar-refractivity contribution in [2.24, 2.45) is 0 Å². The highest BCUT2D eigenvalue weighted by Gasteiger charge is 2.23. The molecule has 7 nitrogen and oxygen atoms in total. The van der Waals surface area contributed by atoms with Gasteiger partial charge in [-0.1, -0.05) is 19.9 Å². The molecule has 0 aliphatic rings. The predicted molar refractivity (Wildman–Crippen MR) is 110 cm³/mol. The fourth-order valence-corrected chi connectivity index (χ4v) is 3.54. The van der Waals surface area contributed by atoms with Crippen LogP contribution in [0.1, 0.15) is 43.6 Å². The molecule has 3 aromatic heterocycles. The molecule has 0 saturated carbocycles. The lowest BCUT2D eigenvalue weighted by molar-refractivity contribution is 0.0744. The Morgan fingerprint density at radius 2 is 1.96 bits per heavy atom. The van der Waals surface area contributed by atoms with Crippen molar-refractivity contribution >= 4 is 22.6 Å². The number of hydrogen-bond donors (Lipinski definition) is 0. The molecular weight excluding hydrogens is 356 g/mol. The van der Waals surface area contributed by atoms with E-state index in [1.807, 2.05) is 15.5 Å². The molecule has 0 atom stereocenters. The first-order valence-electron chi connectivity index (χ1n) is 9.91. The van der Waals surface area contributed by atoms with Gasteiger partial charge in [-0.2, -0.15) is 0 Å². The topological polar surface area (TPSA) is 68.8 Å². The third kappa shape index (κ3) is 3.80. The summed E-state index contributed by atoms with van der Waals surface area (Å²) in [6.45, 7) is 6.66. The Kier molecular flexibility index (Phi) is 6.46. The van der Waals surface area contributed by atoms with Crippen LogP contribution in [0.5, 0.6) is 0 Å². The van der Waals surface area contributed by atoms with Gasteiger partial charge in [-0.05, 0) is 37.5 Å². The van der Waals surface area contributed by atoms with Crippen LogP contribution in [0, 0.1) is 0 Å². The second-order valence-corrected chi connectivity index (χ2v) is 6.90. The van der Waals surface area contributed by atoms with Gasteiger partial charge >= 0.3 is 0 Å². The van der Waals surface area contributed by atoms with Crippen molar-refractivity contribution in [2.45, 2.75) is 39.7 Å². The molecule has 1 amide bonds. The van der Waals surface area contributed by atoms with Crippen molar-refractivity contribution in [3.8, 4) is 0 Å². The van der Waals surface area contributed by atoms with Crippen LogP contribution in [-0.2, 0) is 11.3 Å². The number of aromatic nitrogens is 3. The van der Waals surface area contributed by atoms with E-state index in [2.05, 4.69) is 18.8 Å². The number of ether oxygens (including phenoxy) is 1. The number of fused-ring (bicyclic) bond motifs is 2. The molecule has 0 unspecified atom stereocenters. The number of carbonyl (C=O) groups is 1. The summed E-state index contributed by atoms with van der Waals surface area (Å²) in [6.07, 6.45) is 4.22. The van der Waals surface area contributed by atoms with Gasteiger partial charge in [0.05, 0.1) is 5.39 Å². The number of rotatable bonds is 9. The fourth-order valence-electron chi connectivity index (χ4n) is 3.54. The predicted octanol–water partition coefficient (Wildman–Crippen LogP) is 2.95. The molecule has 0 fully saturated rings. The Balaban J connectivity index is 2.18. The van der Waals surface area contributed by atoms with Crippen molar-refractivity contribution in [1.82, 2.24) is 18.9 Å². The summed E-state index contributed by atoms with van der Waals surface area (Å²) in [5.41, 5.74) is 1.50. The van der Waals surface area contributed by atoms with Crippen LogP contribution >= 0.6 is 0 Å². The highest BCUT2D eigenvalue weighted by molar-refractivity contribution is 5.98. The van der Waals surface area contributed by atoms with Gasteiger partial charge in [0.15, 0.2) is 0 Å². The van der Waals surface area contributed by atoms with Crippen molar-refractivity contribution in [3.05, 3.63) is 46.5 Å². The number of nitrogens with zero attached hydrogens (tertiary/aromatic N) is 4. The van der Waals surface area contributed by atoms with Crippen LogP contribution in [0.15, 0.2) is 35.3 Å². The minimum Gasteiger partial charge on any atom is -0.385 e. The molecule has 0 aliphatic carbocycles. The molecule has 0 N–H and O–H groups in total. The van der Waals surface area contributed by atoms with Gasteiger partial charge in [0.25, 0.3) is 11.5 Å². The molecule has 150 valence electrons. The average Bonchev–Trinajstić information content (AvgIpc) is 3.06. The van der Waals surface area contributed by atoms with Gasteiger partial charge in [-0.3, -0.25) is 14.0 Å². The molecule has 0 aliphatic heterocycles. The smallest absolute Gasteiger partial charge is 0.270 e. The lowest BCUT2D eigenvalue weighted by atomic mass is 10.2. The summed E-state index contributed by atoms with van der Waals surface area (Å²) in [6, 6.07) is 7.16. The quantitative estimate of drug-likeness (QED) is 0.532. The highest BCUT2D eigenvalue weighted by Crippen LogP contribution is 2.19. The first-order chi connectivity index (χ1) is 13.6. The van der Waals surface area contributed by atoms with E-state index in [1.54, 1.807) is 31.5 Å². The van der Waals surface area contributed by atoms with Crippen LogP contribution in [0.25, 0.3) is 16.7 Å². The van der Waals surface area contributed by atoms with Gasteiger partial charge in [-0.25, -0.2) is 4.98 Å². The molecule has 0 spiro atoms. The maximum absolute atomic E-state index is 13.3. The van der Waals surface area contributed by atoms with Crippen molar-refractivity contribution in [1.29, 1.82) is 0 Å². The normalized spacial score (nSPS) is 11.4. The minimum absolute atomic E-state index is 0.0485. The van der Waals surface area contributed by atoms with E-state index in [4.69, 9.17) is 4.74 Å². The SMILES string of the molecule is CCCN(CCC)C(=O)c1cc2c(=O)n3ccccc3nc2n1CCCOC. The second-order valence-electron chi connectivity index (χ2n) is 6.90. The molecule has 28 heavy (non-hydrogen) atoms. The van der Waals surface area contributed by atoms with Crippen LogP contribution < -0.4 is 5.56 Å². The molecule has 7 heteroatoms. The van der Waals surface area contributed by atoms with Gasteiger partial charge in [0, 0.05) is 39.5 Å². The summed E-state index contributed by atoms with van der Waals surface area (Å²) in [5, 5.41) is 0.470. The molecule has 0 aromatic carbocycles. The summed E-state index contributed by atoms with van der Waals surface area (Å²) in [4.78, 5) is 32.8. The maximum Gasteiger partial charge on any atom is 0.270 e. The summed E-state index contributed by atoms with van der Waals surface area (Å²) < 4.78 is 8.57. The molecular formula is C21H28N4O3.